The van der Waals surface area contributed by atoms with E-state index in [-0.39, 0.29) is 5.41 Å². The zero-order chi connectivity index (χ0) is 15.2. The van der Waals surface area contributed by atoms with Crippen molar-refractivity contribution in [2.45, 2.75) is 38.5 Å². The van der Waals surface area contributed by atoms with Crippen molar-refractivity contribution in [3.8, 4) is 11.1 Å². The molecule has 0 saturated heterocycles. The van der Waals surface area contributed by atoms with E-state index < -0.39 is 0 Å². The summed E-state index contributed by atoms with van der Waals surface area (Å²) in [6, 6.07) is 13.9. The van der Waals surface area contributed by atoms with Gasteiger partial charge in [-0.25, -0.2) is 0 Å². The zero-order valence-corrected chi connectivity index (χ0v) is 13.4. The predicted molar refractivity (Wildman–Crippen MR) is 94.3 cm³/mol. The average molecular weight is 286 g/mol. The molecular weight excluding hydrogens is 264 g/mol. The fraction of sp³-hybridized carbons (Fsp3) is 0.273. The van der Waals surface area contributed by atoms with E-state index in [1.807, 2.05) is 0 Å². The average Bonchev–Trinajstić information content (AvgIpc) is 2.73. The van der Waals surface area contributed by atoms with Crippen molar-refractivity contribution in [2.75, 3.05) is 0 Å². The van der Waals surface area contributed by atoms with Gasteiger partial charge in [0.2, 0.25) is 0 Å². The van der Waals surface area contributed by atoms with Crippen LogP contribution < -0.4 is 0 Å². The summed E-state index contributed by atoms with van der Waals surface area (Å²) >= 11 is 0. The standard InChI is InChI=1S/C22H22/c1-16-8-10-18-19-11-9-17(2)15-21(19)22(20(18)14-16)12-6-4-3-5-7-13-22/h4,6-11,13-15H,3,5,12H2,1-2H3. The molecule has 1 spiro atoms. The Bertz CT molecular complexity index is 738. The third-order valence-corrected chi connectivity index (χ3v) is 5.11. The summed E-state index contributed by atoms with van der Waals surface area (Å²) in [6.07, 6.45) is 12.9. The summed E-state index contributed by atoms with van der Waals surface area (Å²) < 4.78 is 0. The highest BCUT2D eigenvalue weighted by Crippen LogP contribution is 2.52. The van der Waals surface area contributed by atoms with Crippen molar-refractivity contribution in [1.29, 1.82) is 0 Å². The molecule has 0 heteroatoms. The lowest BCUT2D eigenvalue weighted by atomic mass is 9.73. The van der Waals surface area contributed by atoms with Crippen molar-refractivity contribution in [3.05, 3.63) is 83.0 Å². The van der Waals surface area contributed by atoms with Gasteiger partial charge in [-0.2, -0.15) is 0 Å². The topological polar surface area (TPSA) is 0 Å². The van der Waals surface area contributed by atoms with Crippen LogP contribution in [-0.4, -0.2) is 0 Å². The van der Waals surface area contributed by atoms with E-state index >= 15 is 0 Å². The number of allylic oxidation sites excluding steroid dienone is 4. The molecule has 0 atom stereocenters. The molecule has 0 nitrogen and oxygen atoms in total. The van der Waals surface area contributed by atoms with Crippen LogP contribution in [0.15, 0.2) is 60.7 Å². The fourth-order valence-electron chi connectivity index (χ4n) is 4.00. The monoisotopic (exact) mass is 286 g/mol. The summed E-state index contributed by atoms with van der Waals surface area (Å²) in [5.74, 6) is 0. The van der Waals surface area contributed by atoms with Crippen molar-refractivity contribution in [1.82, 2.24) is 0 Å². The summed E-state index contributed by atoms with van der Waals surface area (Å²) in [7, 11) is 0. The van der Waals surface area contributed by atoms with E-state index in [9.17, 15) is 0 Å². The van der Waals surface area contributed by atoms with E-state index in [4.69, 9.17) is 0 Å². The quantitative estimate of drug-likeness (QED) is 0.532. The molecule has 0 radical (unpaired) electrons. The molecule has 0 unspecified atom stereocenters. The largest absolute Gasteiger partial charge is 0.0882 e. The van der Waals surface area contributed by atoms with E-state index in [1.54, 1.807) is 0 Å². The number of hydrogen-bond acceptors (Lipinski definition) is 0. The minimum Gasteiger partial charge on any atom is -0.0882 e. The van der Waals surface area contributed by atoms with Gasteiger partial charge in [-0.1, -0.05) is 71.8 Å². The van der Waals surface area contributed by atoms with Gasteiger partial charge in [-0.3, -0.25) is 0 Å². The normalized spacial score (nSPS) is 17.9. The molecule has 2 aliphatic carbocycles. The summed E-state index contributed by atoms with van der Waals surface area (Å²) in [5, 5.41) is 0. The predicted octanol–water partition coefficient (Wildman–Crippen LogP) is 5.87. The van der Waals surface area contributed by atoms with Crippen LogP contribution >= 0.6 is 0 Å². The minimum atomic E-state index is 0.0274. The Balaban J connectivity index is 2.05. The van der Waals surface area contributed by atoms with Gasteiger partial charge in [0.1, 0.15) is 0 Å². The van der Waals surface area contributed by atoms with Gasteiger partial charge in [0.05, 0.1) is 0 Å². The van der Waals surface area contributed by atoms with Crippen molar-refractivity contribution >= 4 is 0 Å². The molecule has 0 N–H and O–H groups in total. The zero-order valence-electron chi connectivity index (χ0n) is 13.4. The van der Waals surface area contributed by atoms with Gasteiger partial charge >= 0.3 is 0 Å². The lowest BCUT2D eigenvalue weighted by Crippen LogP contribution is -2.22. The van der Waals surface area contributed by atoms with Gasteiger partial charge in [-0.15, -0.1) is 0 Å². The second-order valence-electron chi connectivity index (χ2n) is 6.72. The molecule has 0 aliphatic heterocycles. The van der Waals surface area contributed by atoms with Crippen LogP contribution in [0.2, 0.25) is 0 Å². The lowest BCUT2D eigenvalue weighted by Gasteiger charge is -2.29. The SMILES string of the molecule is Cc1ccc2c(c1)C1(C=CCCC=CC1)c1cc(C)ccc1-2. The second kappa shape index (κ2) is 4.98. The number of rotatable bonds is 0. The summed E-state index contributed by atoms with van der Waals surface area (Å²) in [6.45, 7) is 4.40. The first-order chi connectivity index (χ1) is 10.7. The van der Waals surface area contributed by atoms with Gasteiger partial charge in [0.15, 0.2) is 0 Å². The molecule has 0 heterocycles. The number of benzene rings is 2. The highest BCUT2D eigenvalue weighted by molar-refractivity contribution is 5.83. The molecule has 2 aliphatic rings. The lowest BCUT2D eigenvalue weighted by molar-refractivity contribution is 0.661. The first-order valence-corrected chi connectivity index (χ1v) is 8.26. The minimum absolute atomic E-state index is 0.0274. The van der Waals surface area contributed by atoms with Crippen LogP contribution in [0.4, 0.5) is 0 Å². The molecule has 2 aromatic rings. The second-order valence-corrected chi connectivity index (χ2v) is 6.72. The van der Waals surface area contributed by atoms with Crippen molar-refractivity contribution < 1.29 is 0 Å². The third kappa shape index (κ3) is 1.90. The Morgan fingerprint density at radius 2 is 1.32 bits per heavy atom. The van der Waals surface area contributed by atoms with Crippen LogP contribution in [-0.2, 0) is 5.41 Å². The molecule has 0 saturated carbocycles. The van der Waals surface area contributed by atoms with Crippen LogP contribution in [0.3, 0.4) is 0 Å². The Hall–Kier alpha value is -2.08. The summed E-state index contributed by atoms with van der Waals surface area (Å²) in [5.41, 5.74) is 8.52. The molecule has 2 aromatic carbocycles. The molecule has 0 aromatic heterocycles. The molecule has 0 fully saturated rings. The summed E-state index contributed by atoms with van der Waals surface area (Å²) in [4.78, 5) is 0. The maximum absolute atomic E-state index is 2.47. The molecule has 110 valence electrons. The highest BCUT2D eigenvalue weighted by Gasteiger charge is 2.40. The number of aryl methyl sites for hydroxylation is 2. The Kier molecular flexibility index (Phi) is 3.07. The van der Waals surface area contributed by atoms with Crippen LogP contribution in [0, 0.1) is 13.8 Å². The first kappa shape index (κ1) is 13.6. The maximum atomic E-state index is 2.47. The van der Waals surface area contributed by atoms with E-state index in [0.29, 0.717) is 0 Å². The van der Waals surface area contributed by atoms with Crippen LogP contribution in [0.25, 0.3) is 11.1 Å². The Morgan fingerprint density at radius 1 is 0.727 bits per heavy atom. The smallest absolute Gasteiger partial charge is 0.0428 e. The van der Waals surface area contributed by atoms with Gasteiger partial charge in [0, 0.05) is 5.41 Å². The fourth-order valence-corrected chi connectivity index (χ4v) is 4.00. The van der Waals surface area contributed by atoms with E-state index in [0.717, 1.165) is 19.3 Å². The van der Waals surface area contributed by atoms with Gasteiger partial charge in [-0.05, 0) is 55.4 Å². The van der Waals surface area contributed by atoms with Crippen LogP contribution in [0.5, 0.6) is 0 Å². The van der Waals surface area contributed by atoms with Crippen LogP contribution in [0.1, 0.15) is 41.5 Å². The van der Waals surface area contributed by atoms with Gasteiger partial charge in [0.25, 0.3) is 0 Å². The van der Waals surface area contributed by atoms with Crippen molar-refractivity contribution in [2.24, 2.45) is 0 Å². The molecule has 4 rings (SSSR count). The van der Waals surface area contributed by atoms with E-state index in [1.165, 1.54) is 33.4 Å². The maximum Gasteiger partial charge on any atom is 0.0428 e. The number of fused-ring (bicyclic) bond motifs is 5. The first-order valence-electron chi connectivity index (χ1n) is 8.26. The highest BCUT2D eigenvalue weighted by atomic mass is 14.4. The Morgan fingerprint density at radius 3 is 1.95 bits per heavy atom. The van der Waals surface area contributed by atoms with Gasteiger partial charge < -0.3 is 0 Å². The molecular formula is C22H22. The number of hydrogen-bond donors (Lipinski definition) is 0. The van der Waals surface area contributed by atoms with Crippen molar-refractivity contribution in [3.63, 3.8) is 0 Å². The molecule has 0 bridgehead atoms. The molecule has 0 amide bonds. The molecule has 22 heavy (non-hydrogen) atoms. The van der Waals surface area contributed by atoms with E-state index in [2.05, 4.69) is 74.5 Å². The third-order valence-electron chi connectivity index (χ3n) is 5.11. The Labute approximate surface area is 133 Å².